The van der Waals surface area contributed by atoms with Crippen LogP contribution in [0.3, 0.4) is 0 Å². The molecule has 0 saturated carbocycles. The van der Waals surface area contributed by atoms with Crippen LogP contribution in [0, 0.1) is 15.9 Å². The molecule has 0 fully saturated rings. The number of nitro groups is 1. The minimum absolute atomic E-state index is 0.283. The molecule has 5 nitrogen and oxygen atoms in total. The first-order valence-corrected chi connectivity index (χ1v) is 6.12. The number of non-ortho nitro benzene ring substituents is 1. The van der Waals surface area contributed by atoms with Gasteiger partial charge < -0.3 is 5.32 Å². The van der Waals surface area contributed by atoms with Crippen LogP contribution in [0.15, 0.2) is 41.1 Å². The molecule has 0 unspecified atom stereocenters. The van der Waals surface area contributed by atoms with E-state index in [4.69, 9.17) is 0 Å². The first kappa shape index (κ1) is 13.4. The second kappa shape index (κ2) is 5.75. The van der Waals surface area contributed by atoms with E-state index in [9.17, 15) is 14.5 Å². The zero-order valence-corrected chi connectivity index (χ0v) is 11.2. The highest BCUT2D eigenvalue weighted by Crippen LogP contribution is 2.20. The standard InChI is InChI=1S/C12H9BrFN3O2/c13-9-1-8(5-15-7-9)6-16-11-2-10(14)3-12(4-11)17(18)19/h1-5,7,16H,6H2. The molecule has 1 heterocycles. The van der Waals surface area contributed by atoms with Gasteiger partial charge in [-0.25, -0.2) is 4.39 Å². The molecule has 1 aromatic carbocycles. The Morgan fingerprint density at radius 3 is 2.79 bits per heavy atom. The summed E-state index contributed by atoms with van der Waals surface area (Å²) in [6.45, 7) is 0.396. The van der Waals surface area contributed by atoms with Crippen LogP contribution in [0.4, 0.5) is 15.8 Å². The third-order valence-corrected chi connectivity index (χ3v) is 2.79. The molecule has 0 spiro atoms. The summed E-state index contributed by atoms with van der Waals surface area (Å²) < 4.78 is 14.0. The highest BCUT2D eigenvalue weighted by molar-refractivity contribution is 9.10. The number of rotatable bonds is 4. The second-order valence-electron chi connectivity index (χ2n) is 3.82. The zero-order valence-electron chi connectivity index (χ0n) is 9.64. The van der Waals surface area contributed by atoms with Crippen molar-refractivity contribution in [1.29, 1.82) is 0 Å². The Bertz CT molecular complexity index is 622. The summed E-state index contributed by atoms with van der Waals surface area (Å²) >= 11 is 3.29. The Labute approximate surface area is 116 Å². The highest BCUT2D eigenvalue weighted by atomic mass is 79.9. The molecule has 0 amide bonds. The van der Waals surface area contributed by atoms with E-state index in [1.54, 1.807) is 12.4 Å². The third-order valence-electron chi connectivity index (χ3n) is 2.35. The van der Waals surface area contributed by atoms with E-state index in [1.807, 2.05) is 6.07 Å². The summed E-state index contributed by atoms with van der Waals surface area (Å²) in [4.78, 5) is 14.0. The fourth-order valence-corrected chi connectivity index (χ4v) is 1.95. The SMILES string of the molecule is O=[N+]([O-])c1cc(F)cc(NCc2cncc(Br)c2)c1. The number of hydrogen-bond acceptors (Lipinski definition) is 4. The second-order valence-corrected chi connectivity index (χ2v) is 4.74. The molecule has 1 aromatic heterocycles. The van der Waals surface area contributed by atoms with Crippen molar-refractivity contribution in [2.75, 3.05) is 5.32 Å². The van der Waals surface area contributed by atoms with Gasteiger partial charge in [0.1, 0.15) is 5.82 Å². The first-order valence-electron chi connectivity index (χ1n) is 5.33. The number of nitro benzene ring substituents is 1. The van der Waals surface area contributed by atoms with Crippen molar-refractivity contribution in [3.8, 4) is 0 Å². The smallest absolute Gasteiger partial charge is 0.274 e. The van der Waals surface area contributed by atoms with Gasteiger partial charge in [-0.3, -0.25) is 15.1 Å². The van der Waals surface area contributed by atoms with Crippen LogP contribution in [0.5, 0.6) is 0 Å². The van der Waals surface area contributed by atoms with Crippen LogP contribution in [-0.4, -0.2) is 9.91 Å². The highest BCUT2D eigenvalue weighted by Gasteiger charge is 2.09. The summed E-state index contributed by atoms with van der Waals surface area (Å²) in [7, 11) is 0. The van der Waals surface area contributed by atoms with Crippen molar-refractivity contribution in [2.45, 2.75) is 6.54 Å². The minimum Gasteiger partial charge on any atom is -0.381 e. The van der Waals surface area contributed by atoms with Crippen LogP contribution in [0.2, 0.25) is 0 Å². The number of pyridine rings is 1. The van der Waals surface area contributed by atoms with E-state index < -0.39 is 10.7 Å². The lowest BCUT2D eigenvalue weighted by atomic mass is 10.2. The van der Waals surface area contributed by atoms with E-state index in [-0.39, 0.29) is 5.69 Å². The maximum atomic E-state index is 13.2. The number of aromatic nitrogens is 1. The number of anilines is 1. The molecule has 2 aromatic rings. The fraction of sp³-hybridized carbons (Fsp3) is 0.0833. The molecule has 0 radical (unpaired) electrons. The molecular formula is C12H9BrFN3O2. The number of nitrogens with one attached hydrogen (secondary N) is 1. The Morgan fingerprint density at radius 1 is 1.32 bits per heavy atom. The molecule has 19 heavy (non-hydrogen) atoms. The van der Waals surface area contributed by atoms with Gasteiger partial charge >= 0.3 is 0 Å². The van der Waals surface area contributed by atoms with Crippen molar-refractivity contribution in [2.24, 2.45) is 0 Å². The molecule has 0 aliphatic heterocycles. The molecule has 0 aliphatic rings. The fourth-order valence-electron chi connectivity index (χ4n) is 1.54. The van der Waals surface area contributed by atoms with Crippen molar-refractivity contribution in [3.63, 3.8) is 0 Å². The Kier molecular flexibility index (Phi) is 4.06. The summed E-state index contributed by atoms with van der Waals surface area (Å²) in [6, 6.07) is 5.23. The first-order chi connectivity index (χ1) is 9.04. The Hall–Kier alpha value is -2.02. The lowest BCUT2D eigenvalue weighted by Crippen LogP contribution is -2.01. The van der Waals surface area contributed by atoms with E-state index in [1.165, 1.54) is 12.1 Å². The van der Waals surface area contributed by atoms with E-state index in [0.29, 0.717) is 12.2 Å². The van der Waals surface area contributed by atoms with Crippen LogP contribution in [0.25, 0.3) is 0 Å². The number of halogens is 2. The Morgan fingerprint density at radius 2 is 2.11 bits per heavy atom. The maximum absolute atomic E-state index is 13.2. The van der Waals surface area contributed by atoms with Crippen LogP contribution in [0.1, 0.15) is 5.56 Å². The molecule has 7 heteroatoms. The van der Waals surface area contributed by atoms with Crippen molar-refractivity contribution in [1.82, 2.24) is 4.98 Å². The van der Waals surface area contributed by atoms with Gasteiger partial charge in [0.05, 0.1) is 11.0 Å². The summed E-state index contributed by atoms with van der Waals surface area (Å²) in [5.74, 6) is -0.649. The lowest BCUT2D eigenvalue weighted by Gasteiger charge is -2.06. The van der Waals surface area contributed by atoms with Crippen molar-refractivity contribution < 1.29 is 9.31 Å². The summed E-state index contributed by atoms with van der Waals surface area (Å²) in [5, 5.41) is 13.5. The van der Waals surface area contributed by atoms with Gasteiger partial charge in [-0.15, -0.1) is 0 Å². The number of hydrogen-bond donors (Lipinski definition) is 1. The largest absolute Gasteiger partial charge is 0.381 e. The Balaban J connectivity index is 2.13. The molecule has 0 bridgehead atoms. The van der Waals surface area contributed by atoms with Gasteiger partial charge in [-0.05, 0) is 33.6 Å². The van der Waals surface area contributed by atoms with E-state index >= 15 is 0 Å². The summed E-state index contributed by atoms with van der Waals surface area (Å²) in [5.41, 5.74) is 0.947. The molecule has 2 rings (SSSR count). The number of benzene rings is 1. The van der Waals surface area contributed by atoms with Crippen LogP contribution < -0.4 is 5.32 Å². The average Bonchev–Trinajstić information content (AvgIpc) is 2.36. The van der Waals surface area contributed by atoms with Crippen molar-refractivity contribution >= 4 is 27.3 Å². The molecule has 1 N–H and O–H groups in total. The molecule has 98 valence electrons. The lowest BCUT2D eigenvalue weighted by molar-refractivity contribution is -0.385. The van der Waals surface area contributed by atoms with Crippen LogP contribution >= 0.6 is 15.9 Å². The van der Waals surface area contributed by atoms with Crippen molar-refractivity contribution in [3.05, 3.63) is 62.6 Å². The molecule has 0 saturated heterocycles. The van der Waals surface area contributed by atoms with Gasteiger partial charge in [-0.2, -0.15) is 0 Å². The maximum Gasteiger partial charge on any atom is 0.274 e. The molecule has 0 atom stereocenters. The topological polar surface area (TPSA) is 68.1 Å². The van der Waals surface area contributed by atoms with Crippen LogP contribution in [-0.2, 0) is 6.54 Å². The molecular weight excluding hydrogens is 317 g/mol. The molecule has 0 aliphatic carbocycles. The normalized spacial score (nSPS) is 10.2. The van der Waals surface area contributed by atoms with E-state index in [0.717, 1.165) is 16.1 Å². The van der Waals surface area contributed by atoms with Gasteiger partial charge in [-0.1, -0.05) is 0 Å². The van der Waals surface area contributed by atoms with Gasteiger partial charge in [0.25, 0.3) is 5.69 Å². The zero-order chi connectivity index (χ0) is 13.8. The number of nitrogens with zero attached hydrogens (tertiary/aromatic N) is 2. The monoisotopic (exact) mass is 325 g/mol. The summed E-state index contributed by atoms with van der Waals surface area (Å²) in [6.07, 6.45) is 3.31. The predicted octanol–water partition coefficient (Wildman–Crippen LogP) is 3.50. The van der Waals surface area contributed by atoms with E-state index in [2.05, 4.69) is 26.2 Å². The average molecular weight is 326 g/mol. The third kappa shape index (κ3) is 3.72. The van der Waals surface area contributed by atoms with Gasteiger partial charge in [0, 0.05) is 35.2 Å². The quantitative estimate of drug-likeness (QED) is 0.690. The van der Waals surface area contributed by atoms with Gasteiger partial charge in [0.15, 0.2) is 0 Å². The minimum atomic E-state index is -0.649. The van der Waals surface area contributed by atoms with Gasteiger partial charge in [0.2, 0.25) is 0 Å². The predicted molar refractivity (Wildman–Crippen MR) is 72.3 cm³/mol.